The molecule has 4 heteroatoms. The van der Waals surface area contributed by atoms with Crippen LogP contribution in [0.4, 0.5) is 5.69 Å². The zero-order chi connectivity index (χ0) is 12.4. The van der Waals surface area contributed by atoms with Crippen LogP contribution < -0.4 is 4.90 Å². The molecule has 0 aromatic heterocycles. The predicted molar refractivity (Wildman–Crippen MR) is 71.6 cm³/mol. The van der Waals surface area contributed by atoms with Crippen LogP contribution in [0.1, 0.15) is 30.1 Å². The van der Waals surface area contributed by atoms with Gasteiger partial charge in [0.25, 0.3) is 0 Å². The van der Waals surface area contributed by atoms with Crippen LogP contribution in [0, 0.1) is 0 Å². The van der Waals surface area contributed by atoms with Crippen LogP contribution in [0.3, 0.4) is 0 Å². The van der Waals surface area contributed by atoms with E-state index in [1.165, 1.54) is 0 Å². The third-order valence-corrected chi connectivity index (χ3v) is 3.57. The molecule has 1 aromatic carbocycles. The number of ketones is 1. The van der Waals surface area contributed by atoms with Crippen molar-refractivity contribution in [3.8, 4) is 0 Å². The number of hydrogen-bond donors (Lipinski definition) is 1. The fraction of sp³-hybridized carbons (Fsp3) is 0.462. The van der Waals surface area contributed by atoms with Gasteiger partial charge in [0.15, 0.2) is 5.78 Å². The van der Waals surface area contributed by atoms with E-state index in [1.54, 1.807) is 6.92 Å². The fourth-order valence-corrected chi connectivity index (χ4v) is 2.59. The lowest BCUT2D eigenvalue weighted by Crippen LogP contribution is -2.38. The summed E-state index contributed by atoms with van der Waals surface area (Å²) >= 11 is 3.43. The molecule has 0 saturated carbocycles. The summed E-state index contributed by atoms with van der Waals surface area (Å²) < 4.78 is 0.956. The summed E-state index contributed by atoms with van der Waals surface area (Å²) in [6, 6.07) is 5.66. The van der Waals surface area contributed by atoms with Crippen molar-refractivity contribution in [1.82, 2.24) is 0 Å². The Morgan fingerprint density at radius 3 is 2.94 bits per heavy atom. The van der Waals surface area contributed by atoms with Crippen molar-refractivity contribution in [3.63, 3.8) is 0 Å². The molecule has 1 saturated heterocycles. The Kier molecular flexibility index (Phi) is 3.84. The summed E-state index contributed by atoms with van der Waals surface area (Å²) in [4.78, 5) is 13.7. The third kappa shape index (κ3) is 2.87. The van der Waals surface area contributed by atoms with E-state index in [2.05, 4.69) is 20.8 Å². The number of carbonyl (C=O) groups is 1. The first-order valence-corrected chi connectivity index (χ1v) is 6.60. The Labute approximate surface area is 110 Å². The van der Waals surface area contributed by atoms with Gasteiger partial charge in [-0.1, -0.05) is 15.9 Å². The van der Waals surface area contributed by atoms with E-state index in [-0.39, 0.29) is 11.9 Å². The summed E-state index contributed by atoms with van der Waals surface area (Å²) in [7, 11) is 0. The van der Waals surface area contributed by atoms with Gasteiger partial charge in [-0.25, -0.2) is 0 Å². The number of anilines is 1. The molecule has 92 valence electrons. The Morgan fingerprint density at radius 2 is 2.29 bits per heavy atom. The highest BCUT2D eigenvalue weighted by atomic mass is 79.9. The van der Waals surface area contributed by atoms with Gasteiger partial charge in [0.05, 0.1) is 6.10 Å². The van der Waals surface area contributed by atoms with Crippen LogP contribution in [0.25, 0.3) is 0 Å². The van der Waals surface area contributed by atoms with Crippen LogP contribution in [0.2, 0.25) is 0 Å². The van der Waals surface area contributed by atoms with Crippen molar-refractivity contribution < 1.29 is 9.90 Å². The lowest BCUT2D eigenvalue weighted by atomic mass is 10.0. The second-order valence-corrected chi connectivity index (χ2v) is 5.38. The minimum Gasteiger partial charge on any atom is -0.391 e. The minimum absolute atomic E-state index is 0.0626. The number of carbonyl (C=O) groups excluding carboxylic acids is 1. The van der Waals surface area contributed by atoms with Crippen LogP contribution in [-0.4, -0.2) is 30.1 Å². The third-order valence-electron chi connectivity index (χ3n) is 3.08. The molecule has 1 atom stereocenters. The molecule has 0 spiro atoms. The maximum absolute atomic E-state index is 11.6. The number of β-amino-alcohol motifs (C(OH)–C–C–N with tert-alkyl or cyclic N) is 1. The van der Waals surface area contributed by atoms with Gasteiger partial charge in [0, 0.05) is 28.8 Å². The van der Waals surface area contributed by atoms with E-state index in [4.69, 9.17) is 0 Å². The van der Waals surface area contributed by atoms with E-state index in [0.29, 0.717) is 6.54 Å². The number of rotatable bonds is 2. The van der Waals surface area contributed by atoms with Gasteiger partial charge in [-0.2, -0.15) is 0 Å². The Hall–Kier alpha value is -0.870. The van der Waals surface area contributed by atoms with Gasteiger partial charge >= 0.3 is 0 Å². The summed E-state index contributed by atoms with van der Waals surface area (Å²) in [6.45, 7) is 3.08. The van der Waals surface area contributed by atoms with E-state index >= 15 is 0 Å². The van der Waals surface area contributed by atoms with E-state index in [9.17, 15) is 9.90 Å². The van der Waals surface area contributed by atoms with Crippen LogP contribution in [0.15, 0.2) is 22.7 Å². The number of aliphatic hydroxyl groups is 1. The lowest BCUT2D eigenvalue weighted by Gasteiger charge is -2.33. The second kappa shape index (κ2) is 5.19. The van der Waals surface area contributed by atoms with Crippen molar-refractivity contribution in [2.24, 2.45) is 0 Å². The first-order chi connectivity index (χ1) is 8.08. The molecular weight excluding hydrogens is 282 g/mol. The molecule has 0 aliphatic carbocycles. The molecule has 1 N–H and O–H groups in total. The fourth-order valence-electron chi connectivity index (χ4n) is 2.24. The zero-order valence-corrected chi connectivity index (χ0v) is 11.4. The average molecular weight is 298 g/mol. The number of piperidine rings is 1. The van der Waals surface area contributed by atoms with Gasteiger partial charge in [-0.15, -0.1) is 0 Å². The summed E-state index contributed by atoms with van der Waals surface area (Å²) in [5.41, 5.74) is 1.65. The lowest BCUT2D eigenvalue weighted by molar-refractivity contribution is 0.101. The first-order valence-electron chi connectivity index (χ1n) is 5.81. The van der Waals surface area contributed by atoms with E-state index in [0.717, 1.165) is 35.1 Å². The molecule has 1 aliphatic rings. The highest BCUT2D eigenvalue weighted by Gasteiger charge is 2.21. The topological polar surface area (TPSA) is 40.5 Å². The normalized spacial score (nSPS) is 20.4. The number of halogens is 1. The number of aliphatic hydroxyl groups excluding tert-OH is 1. The molecule has 1 aromatic rings. The molecular formula is C13H16BrNO2. The largest absolute Gasteiger partial charge is 0.391 e. The molecule has 3 nitrogen and oxygen atoms in total. The predicted octanol–water partition coefficient (Wildman–Crippen LogP) is 2.61. The maximum atomic E-state index is 11.6. The van der Waals surface area contributed by atoms with Crippen molar-refractivity contribution >= 4 is 27.4 Å². The van der Waals surface area contributed by atoms with Crippen molar-refractivity contribution in [2.45, 2.75) is 25.9 Å². The van der Waals surface area contributed by atoms with Gasteiger partial charge in [-0.3, -0.25) is 4.79 Å². The van der Waals surface area contributed by atoms with Gasteiger partial charge in [0.2, 0.25) is 0 Å². The number of nitrogens with zero attached hydrogens (tertiary/aromatic N) is 1. The van der Waals surface area contributed by atoms with Crippen molar-refractivity contribution in [2.75, 3.05) is 18.0 Å². The standard InChI is InChI=1S/C13H16BrNO2/c1-9(16)12-5-4-10(14)7-13(12)15-6-2-3-11(17)8-15/h4-5,7,11,17H,2-3,6,8H2,1H3. The van der Waals surface area contributed by atoms with Crippen LogP contribution >= 0.6 is 15.9 Å². The monoisotopic (exact) mass is 297 g/mol. The van der Waals surface area contributed by atoms with E-state index < -0.39 is 0 Å². The Balaban J connectivity index is 2.35. The highest BCUT2D eigenvalue weighted by Crippen LogP contribution is 2.28. The molecule has 1 aliphatic heterocycles. The summed E-state index contributed by atoms with van der Waals surface area (Å²) in [6.07, 6.45) is 1.52. The number of Topliss-reactive ketones (excluding diaryl/α,β-unsaturated/α-hetero) is 1. The average Bonchev–Trinajstić information content (AvgIpc) is 2.28. The number of benzene rings is 1. The number of hydrogen-bond acceptors (Lipinski definition) is 3. The minimum atomic E-state index is -0.289. The van der Waals surface area contributed by atoms with Gasteiger partial charge in [0.1, 0.15) is 0 Å². The molecule has 0 bridgehead atoms. The molecule has 2 rings (SSSR count). The second-order valence-electron chi connectivity index (χ2n) is 4.46. The Bertz CT molecular complexity index is 433. The van der Waals surface area contributed by atoms with Gasteiger partial charge < -0.3 is 10.0 Å². The maximum Gasteiger partial charge on any atom is 0.161 e. The first kappa shape index (κ1) is 12.6. The molecule has 1 fully saturated rings. The van der Waals surface area contributed by atoms with Crippen molar-refractivity contribution in [1.29, 1.82) is 0 Å². The van der Waals surface area contributed by atoms with E-state index in [1.807, 2.05) is 18.2 Å². The SMILES string of the molecule is CC(=O)c1ccc(Br)cc1N1CCCC(O)C1. The van der Waals surface area contributed by atoms with Crippen molar-refractivity contribution in [3.05, 3.63) is 28.2 Å². The summed E-state index contributed by atoms with van der Waals surface area (Å²) in [5.74, 6) is 0.0626. The highest BCUT2D eigenvalue weighted by molar-refractivity contribution is 9.10. The molecule has 1 unspecified atom stereocenters. The van der Waals surface area contributed by atoms with Gasteiger partial charge in [-0.05, 0) is 38.0 Å². The molecule has 0 radical (unpaired) electrons. The van der Waals surface area contributed by atoms with Crippen LogP contribution in [0.5, 0.6) is 0 Å². The quantitative estimate of drug-likeness (QED) is 0.853. The zero-order valence-electron chi connectivity index (χ0n) is 9.82. The molecule has 0 amide bonds. The molecule has 17 heavy (non-hydrogen) atoms. The van der Waals surface area contributed by atoms with Crippen LogP contribution in [-0.2, 0) is 0 Å². The molecule has 1 heterocycles. The smallest absolute Gasteiger partial charge is 0.161 e. The Morgan fingerprint density at radius 1 is 1.53 bits per heavy atom. The summed E-state index contributed by atoms with van der Waals surface area (Å²) in [5, 5.41) is 9.70.